The van der Waals surface area contributed by atoms with Crippen molar-refractivity contribution in [2.45, 2.75) is 25.8 Å². The SMILES string of the molecule is CCC[C@H](N)c1c(C(=O)O)ccc(Br)c1O.Cl. The lowest BCUT2D eigenvalue weighted by atomic mass is 9.96. The summed E-state index contributed by atoms with van der Waals surface area (Å²) < 4.78 is 0.457. The lowest BCUT2D eigenvalue weighted by Gasteiger charge is -2.16. The van der Waals surface area contributed by atoms with Gasteiger partial charge < -0.3 is 15.9 Å². The molecule has 0 aromatic heterocycles. The van der Waals surface area contributed by atoms with Gasteiger partial charge in [-0.25, -0.2) is 4.79 Å². The number of carboxylic acids is 1. The van der Waals surface area contributed by atoms with Gasteiger partial charge in [0.15, 0.2) is 0 Å². The van der Waals surface area contributed by atoms with Gasteiger partial charge in [-0.15, -0.1) is 12.4 Å². The zero-order chi connectivity index (χ0) is 12.3. The zero-order valence-electron chi connectivity index (χ0n) is 9.31. The van der Waals surface area contributed by atoms with Crippen LogP contribution in [-0.4, -0.2) is 16.2 Å². The Morgan fingerprint density at radius 1 is 1.53 bits per heavy atom. The van der Waals surface area contributed by atoms with E-state index in [1.54, 1.807) is 0 Å². The van der Waals surface area contributed by atoms with Crippen LogP contribution < -0.4 is 5.73 Å². The fraction of sp³-hybridized carbons (Fsp3) is 0.364. The second-order valence-corrected chi connectivity index (χ2v) is 4.41. The minimum atomic E-state index is -1.08. The Bertz CT molecular complexity index is 412. The van der Waals surface area contributed by atoms with E-state index in [0.29, 0.717) is 16.5 Å². The van der Waals surface area contributed by atoms with Crippen molar-refractivity contribution >= 4 is 34.3 Å². The maximum absolute atomic E-state index is 11.0. The first kappa shape index (κ1) is 16.2. The summed E-state index contributed by atoms with van der Waals surface area (Å²) in [5, 5.41) is 18.9. The van der Waals surface area contributed by atoms with Crippen LogP contribution in [0, 0.1) is 0 Å². The maximum atomic E-state index is 11.0. The van der Waals surface area contributed by atoms with Crippen LogP contribution in [0.15, 0.2) is 16.6 Å². The van der Waals surface area contributed by atoms with Gasteiger partial charge in [-0.1, -0.05) is 13.3 Å². The molecule has 0 aliphatic heterocycles. The van der Waals surface area contributed by atoms with Crippen LogP contribution in [0.2, 0.25) is 0 Å². The number of benzene rings is 1. The molecule has 0 unspecified atom stereocenters. The fourth-order valence-corrected chi connectivity index (χ4v) is 1.94. The summed E-state index contributed by atoms with van der Waals surface area (Å²) in [6.45, 7) is 1.95. The third-order valence-electron chi connectivity index (χ3n) is 2.37. The molecule has 0 heterocycles. The number of nitrogens with two attached hydrogens (primary N) is 1. The quantitative estimate of drug-likeness (QED) is 0.794. The van der Waals surface area contributed by atoms with E-state index in [1.807, 2.05) is 6.92 Å². The molecule has 0 aliphatic carbocycles. The van der Waals surface area contributed by atoms with E-state index in [-0.39, 0.29) is 23.7 Å². The van der Waals surface area contributed by atoms with E-state index >= 15 is 0 Å². The third-order valence-corrected chi connectivity index (χ3v) is 3.01. The van der Waals surface area contributed by atoms with Crippen molar-refractivity contribution in [3.05, 3.63) is 27.7 Å². The lowest BCUT2D eigenvalue weighted by molar-refractivity contribution is 0.0694. The average Bonchev–Trinajstić information content (AvgIpc) is 2.21. The molecule has 1 atom stereocenters. The normalized spacial score (nSPS) is 11.7. The van der Waals surface area contributed by atoms with Gasteiger partial charge in [0.1, 0.15) is 5.75 Å². The van der Waals surface area contributed by atoms with Gasteiger partial charge in [0.25, 0.3) is 0 Å². The molecule has 1 rings (SSSR count). The smallest absolute Gasteiger partial charge is 0.336 e. The third kappa shape index (κ3) is 3.59. The van der Waals surface area contributed by atoms with E-state index in [9.17, 15) is 9.90 Å². The number of phenolic OH excluding ortho intramolecular Hbond substituents is 1. The number of hydrogen-bond donors (Lipinski definition) is 3. The van der Waals surface area contributed by atoms with Crippen LogP contribution in [0.25, 0.3) is 0 Å². The average molecular weight is 325 g/mol. The van der Waals surface area contributed by atoms with E-state index in [0.717, 1.165) is 6.42 Å². The van der Waals surface area contributed by atoms with Gasteiger partial charge in [0.05, 0.1) is 10.0 Å². The van der Waals surface area contributed by atoms with E-state index in [1.165, 1.54) is 12.1 Å². The number of rotatable bonds is 4. The highest BCUT2D eigenvalue weighted by atomic mass is 79.9. The Hall–Kier alpha value is -0.780. The summed E-state index contributed by atoms with van der Waals surface area (Å²) in [7, 11) is 0. The van der Waals surface area contributed by atoms with Gasteiger partial charge in [-0.2, -0.15) is 0 Å². The first-order valence-electron chi connectivity index (χ1n) is 4.99. The highest BCUT2D eigenvalue weighted by molar-refractivity contribution is 9.10. The van der Waals surface area contributed by atoms with Gasteiger partial charge in [0.2, 0.25) is 0 Å². The molecule has 0 saturated heterocycles. The Balaban J connectivity index is 0.00000256. The standard InChI is InChI=1S/C11H14BrNO3.ClH/c1-2-3-8(13)9-6(11(15)16)4-5-7(12)10(9)14;/h4-5,8,14H,2-3,13H2,1H3,(H,15,16);1H/t8-;/m0./s1. The number of halogens is 2. The summed E-state index contributed by atoms with van der Waals surface area (Å²) in [6.07, 6.45) is 1.45. The molecule has 6 heteroatoms. The van der Waals surface area contributed by atoms with Crippen LogP contribution >= 0.6 is 28.3 Å². The second kappa shape index (κ2) is 6.83. The van der Waals surface area contributed by atoms with Gasteiger partial charge in [-0.05, 0) is 34.5 Å². The van der Waals surface area contributed by atoms with Crippen molar-refractivity contribution in [3.63, 3.8) is 0 Å². The monoisotopic (exact) mass is 323 g/mol. The van der Waals surface area contributed by atoms with E-state index < -0.39 is 12.0 Å². The summed E-state index contributed by atoms with van der Waals surface area (Å²) in [6, 6.07) is 2.48. The fourth-order valence-electron chi connectivity index (χ4n) is 1.60. The summed E-state index contributed by atoms with van der Waals surface area (Å²) in [4.78, 5) is 11.0. The summed E-state index contributed by atoms with van der Waals surface area (Å²) in [5.41, 5.74) is 6.22. The number of aromatic hydroxyl groups is 1. The first-order valence-corrected chi connectivity index (χ1v) is 5.78. The van der Waals surface area contributed by atoms with Crippen LogP contribution in [-0.2, 0) is 0 Å². The summed E-state index contributed by atoms with van der Waals surface area (Å²) in [5.74, 6) is -1.16. The lowest BCUT2D eigenvalue weighted by Crippen LogP contribution is -2.15. The van der Waals surface area contributed by atoms with E-state index in [2.05, 4.69) is 15.9 Å². The maximum Gasteiger partial charge on any atom is 0.336 e. The molecule has 1 aromatic carbocycles. The summed E-state index contributed by atoms with van der Waals surface area (Å²) >= 11 is 3.15. The number of carbonyl (C=O) groups is 1. The van der Waals surface area contributed by atoms with Crippen molar-refractivity contribution in [2.24, 2.45) is 5.73 Å². The van der Waals surface area contributed by atoms with Crippen LogP contribution in [0.3, 0.4) is 0 Å². The Morgan fingerprint density at radius 2 is 2.12 bits per heavy atom. The topological polar surface area (TPSA) is 83.6 Å². The molecule has 17 heavy (non-hydrogen) atoms. The molecule has 0 spiro atoms. The Labute approximate surface area is 114 Å². The second-order valence-electron chi connectivity index (χ2n) is 3.56. The predicted octanol–water partition coefficient (Wildman–Crippen LogP) is 3.07. The largest absolute Gasteiger partial charge is 0.506 e. The first-order chi connectivity index (χ1) is 7.49. The van der Waals surface area contributed by atoms with Crippen molar-refractivity contribution < 1.29 is 15.0 Å². The van der Waals surface area contributed by atoms with Crippen molar-refractivity contribution in [1.29, 1.82) is 0 Å². The van der Waals surface area contributed by atoms with Crippen molar-refractivity contribution in [1.82, 2.24) is 0 Å². The van der Waals surface area contributed by atoms with Gasteiger partial charge in [-0.3, -0.25) is 0 Å². The molecule has 0 aliphatic rings. The van der Waals surface area contributed by atoms with Gasteiger partial charge in [0, 0.05) is 11.6 Å². The van der Waals surface area contributed by atoms with Crippen molar-refractivity contribution in [3.8, 4) is 5.75 Å². The zero-order valence-corrected chi connectivity index (χ0v) is 11.7. The number of hydrogen-bond acceptors (Lipinski definition) is 3. The van der Waals surface area contributed by atoms with Crippen molar-refractivity contribution in [2.75, 3.05) is 0 Å². The van der Waals surface area contributed by atoms with Gasteiger partial charge >= 0.3 is 5.97 Å². The number of carboxylic acid groups (broad SMARTS) is 1. The molecule has 96 valence electrons. The molecular formula is C11H15BrClNO3. The number of phenols is 1. The van der Waals surface area contributed by atoms with Crippen LogP contribution in [0.4, 0.5) is 0 Å². The minimum absolute atomic E-state index is 0. The molecule has 4 N–H and O–H groups in total. The molecule has 0 bridgehead atoms. The molecule has 0 saturated carbocycles. The molecule has 0 fully saturated rings. The predicted molar refractivity (Wildman–Crippen MR) is 71.9 cm³/mol. The van der Waals surface area contributed by atoms with E-state index in [4.69, 9.17) is 10.8 Å². The molecule has 1 aromatic rings. The minimum Gasteiger partial charge on any atom is -0.506 e. The highest BCUT2D eigenvalue weighted by Crippen LogP contribution is 2.35. The molecular weight excluding hydrogens is 309 g/mol. The number of aromatic carboxylic acids is 1. The Kier molecular flexibility index (Phi) is 6.52. The van der Waals surface area contributed by atoms with Crippen LogP contribution in [0.1, 0.15) is 41.7 Å². The highest BCUT2D eigenvalue weighted by Gasteiger charge is 2.21. The molecule has 0 radical (unpaired) electrons. The molecule has 4 nitrogen and oxygen atoms in total. The van der Waals surface area contributed by atoms with Crippen LogP contribution in [0.5, 0.6) is 5.75 Å². The Morgan fingerprint density at radius 3 is 2.59 bits per heavy atom. The molecule has 0 amide bonds.